The zero-order valence-corrected chi connectivity index (χ0v) is 18.8. The molecular weight excluding hydrogens is 340 g/mol. The Balaban J connectivity index is 1.88. The van der Waals surface area contributed by atoms with Crippen molar-refractivity contribution in [2.24, 2.45) is 5.92 Å². The zero-order valence-electron chi connectivity index (χ0n) is 18.8. The van der Waals surface area contributed by atoms with Crippen LogP contribution >= 0.6 is 0 Å². The van der Waals surface area contributed by atoms with Crippen LogP contribution in [0.5, 0.6) is 0 Å². The third kappa shape index (κ3) is 15.1. The molecule has 1 atom stereocenters. The zero-order chi connectivity index (χ0) is 20.1. The van der Waals surface area contributed by atoms with Crippen molar-refractivity contribution in [1.82, 2.24) is 0 Å². The lowest BCUT2D eigenvalue weighted by atomic mass is 9.91. The minimum absolute atomic E-state index is 0.330. The molecule has 0 aliphatic heterocycles. The van der Waals surface area contributed by atoms with Gasteiger partial charge in [0.2, 0.25) is 0 Å². The molecule has 0 bridgehead atoms. The first kappa shape index (κ1) is 25.2. The Morgan fingerprint density at radius 3 is 1.54 bits per heavy atom. The molecule has 0 amide bonds. The summed E-state index contributed by atoms with van der Waals surface area (Å²) in [5.41, 5.74) is 1.42. The van der Waals surface area contributed by atoms with Gasteiger partial charge < -0.3 is 5.11 Å². The summed E-state index contributed by atoms with van der Waals surface area (Å²) in [5, 5.41) is 9.34. The number of unbranched alkanes of at least 4 members (excludes halogenated alkanes) is 14. The van der Waals surface area contributed by atoms with E-state index in [2.05, 4.69) is 37.3 Å². The Kier molecular flexibility index (Phi) is 17.6. The van der Waals surface area contributed by atoms with E-state index in [4.69, 9.17) is 0 Å². The standard InChI is InChI=1S/C27H48O/c1-2-3-4-5-6-7-8-9-10-11-12-13-14-15-17-22-27(23-24-28)25-26-20-18-16-19-21-26/h16,18-21,27-28H,2-15,17,22-25H2,1H3. The molecule has 0 saturated heterocycles. The van der Waals surface area contributed by atoms with Gasteiger partial charge in [0.25, 0.3) is 0 Å². The summed E-state index contributed by atoms with van der Waals surface area (Å²) in [6.07, 6.45) is 24.7. The fourth-order valence-electron chi connectivity index (χ4n) is 4.28. The predicted octanol–water partition coefficient (Wildman–Crippen LogP) is 8.49. The third-order valence-electron chi connectivity index (χ3n) is 6.12. The van der Waals surface area contributed by atoms with Crippen molar-refractivity contribution in [3.05, 3.63) is 35.9 Å². The quantitative estimate of drug-likeness (QED) is 0.222. The number of rotatable bonds is 20. The van der Waals surface area contributed by atoms with Gasteiger partial charge in [-0.25, -0.2) is 0 Å². The Morgan fingerprint density at radius 1 is 0.607 bits per heavy atom. The van der Waals surface area contributed by atoms with Gasteiger partial charge in [0.05, 0.1) is 0 Å². The molecule has 0 fully saturated rings. The van der Waals surface area contributed by atoms with Crippen LogP contribution in [0.3, 0.4) is 0 Å². The minimum atomic E-state index is 0.330. The van der Waals surface area contributed by atoms with Gasteiger partial charge >= 0.3 is 0 Å². The average molecular weight is 389 g/mol. The van der Waals surface area contributed by atoms with Gasteiger partial charge in [0.1, 0.15) is 0 Å². The number of hydrogen-bond acceptors (Lipinski definition) is 1. The van der Waals surface area contributed by atoms with Gasteiger partial charge in [0, 0.05) is 6.61 Å². The average Bonchev–Trinajstić information content (AvgIpc) is 2.71. The van der Waals surface area contributed by atoms with Crippen molar-refractivity contribution in [2.45, 2.75) is 122 Å². The van der Waals surface area contributed by atoms with E-state index >= 15 is 0 Å². The predicted molar refractivity (Wildman–Crippen MR) is 125 cm³/mol. The van der Waals surface area contributed by atoms with Crippen molar-refractivity contribution < 1.29 is 5.11 Å². The monoisotopic (exact) mass is 388 g/mol. The molecule has 0 saturated carbocycles. The maximum absolute atomic E-state index is 9.34. The molecule has 1 rings (SSSR count). The molecule has 1 N–H and O–H groups in total. The Morgan fingerprint density at radius 2 is 1.07 bits per heavy atom. The molecule has 0 radical (unpaired) electrons. The molecule has 0 aromatic heterocycles. The first-order valence-corrected chi connectivity index (χ1v) is 12.5. The molecule has 1 heteroatoms. The topological polar surface area (TPSA) is 20.2 Å². The maximum atomic E-state index is 9.34. The molecule has 0 heterocycles. The molecule has 0 spiro atoms. The summed E-state index contributed by atoms with van der Waals surface area (Å²) < 4.78 is 0. The Labute approximate surface area is 176 Å². The molecule has 0 aliphatic carbocycles. The van der Waals surface area contributed by atoms with Crippen molar-refractivity contribution >= 4 is 0 Å². The van der Waals surface area contributed by atoms with Crippen LogP contribution in [-0.2, 0) is 6.42 Å². The molecule has 1 unspecified atom stereocenters. The lowest BCUT2D eigenvalue weighted by molar-refractivity contribution is 0.249. The highest BCUT2D eigenvalue weighted by Crippen LogP contribution is 2.20. The largest absolute Gasteiger partial charge is 0.396 e. The van der Waals surface area contributed by atoms with E-state index in [0.29, 0.717) is 12.5 Å². The summed E-state index contributed by atoms with van der Waals surface area (Å²) >= 11 is 0. The summed E-state index contributed by atoms with van der Waals surface area (Å²) in [4.78, 5) is 0. The fourth-order valence-corrected chi connectivity index (χ4v) is 4.28. The normalized spacial score (nSPS) is 12.4. The van der Waals surface area contributed by atoms with Gasteiger partial charge in [-0.05, 0) is 24.3 Å². The smallest absolute Gasteiger partial charge is 0.0433 e. The van der Waals surface area contributed by atoms with Gasteiger partial charge in [0.15, 0.2) is 0 Å². The van der Waals surface area contributed by atoms with E-state index in [1.807, 2.05) is 0 Å². The number of benzene rings is 1. The van der Waals surface area contributed by atoms with Crippen LogP contribution in [-0.4, -0.2) is 11.7 Å². The molecule has 1 aromatic rings. The van der Waals surface area contributed by atoms with Crippen LogP contribution in [0.2, 0.25) is 0 Å². The summed E-state index contributed by atoms with van der Waals surface area (Å²) in [7, 11) is 0. The van der Waals surface area contributed by atoms with Gasteiger partial charge in [-0.3, -0.25) is 0 Å². The molecule has 162 valence electrons. The van der Waals surface area contributed by atoms with Crippen LogP contribution in [0.4, 0.5) is 0 Å². The lowest BCUT2D eigenvalue weighted by Crippen LogP contribution is -2.07. The van der Waals surface area contributed by atoms with Crippen LogP contribution in [0, 0.1) is 5.92 Å². The third-order valence-corrected chi connectivity index (χ3v) is 6.12. The molecule has 28 heavy (non-hydrogen) atoms. The van der Waals surface area contributed by atoms with Gasteiger partial charge in [-0.1, -0.05) is 140 Å². The number of aliphatic hydroxyl groups is 1. The first-order chi connectivity index (χ1) is 13.9. The molecule has 0 aliphatic rings. The summed E-state index contributed by atoms with van der Waals surface area (Å²) in [5.74, 6) is 0.648. The van der Waals surface area contributed by atoms with Crippen molar-refractivity contribution in [3.63, 3.8) is 0 Å². The summed E-state index contributed by atoms with van der Waals surface area (Å²) in [6.45, 7) is 2.62. The SMILES string of the molecule is CCCCCCCCCCCCCCCCCC(CCO)Cc1ccccc1. The highest BCUT2D eigenvalue weighted by atomic mass is 16.3. The van der Waals surface area contributed by atoms with Crippen molar-refractivity contribution in [2.75, 3.05) is 6.61 Å². The van der Waals surface area contributed by atoms with Crippen molar-refractivity contribution in [3.8, 4) is 0 Å². The highest BCUT2D eigenvalue weighted by molar-refractivity contribution is 5.15. The maximum Gasteiger partial charge on any atom is 0.0433 e. The van der Waals surface area contributed by atoms with Gasteiger partial charge in [-0.2, -0.15) is 0 Å². The second-order valence-electron chi connectivity index (χ2n) is 8.81. The van der Waals surface area contributed by atoms with E-state index in [0.717, 1.165) is 12.8 Å². The van der Waals surface area contributed by atoms with E-state index < -0.39 is 0 Å². The second kappa shape index (κ2) is 19.5. The molecule has 1 aromatic carbocycles. The van der Waals surface area contributed by atoms with E-state index in [-0.39, 0.29) is 0 Å². The molecular formula is C27H48O. The van der Waals surface area contributed by atoms with Gasteiger partial charge in [-0.15, -0.1) is 0 Å². The minimum Gasteiger partial charge on any atom is -0.396 e. The first-order valence-electron chi connectivity index (χ1n) is 12.5. The van der Waals surface area contributed by atoms with Crippen LogP contribution in [0.25, 0.3) is 0 Å². The van der Waals surface area contributed by atoms with Crippen molar-refractivity contribution in [1.29, 1.82) is 0 Å². The number of aliphatic hydroxyl groups excluding tert-OH is 1. The number of hydrogen-bond donors (Lipinski definition) is 1. The highest BCUT2D eigenvalue weighted by Gasteiger charge is 2.09. The van der Waals surface area contributed by atoms with Crippen LogP contribution in [0.1, 0.15) is 122 Å². The Hall–Kier alpha value is -0.820. The van der Waals surface area contributed by atoms with Crippen LogP contribution in [0.15, 0.2) is 30.3 Å². The van der Waals surface area contributed by atoms with Crippen LogP contribution < -0.4 is 0 Å². The summed E-state index contributed by atoms with van der Waals surface area (Å²) in [6, 6.07) is 10.8. The fraction of sp³-hybridized carbons (Fsp3) is 0.778. The van der Waals surface area contributed by atoms with E-state index in [1.165, 1.54) is 108 Å². The van der Waals surface area contributed by atoms with E-state index in [1.54, 1.807) is 0 Å². The lowest BCUT2D eigenvalue weighted by Gasteiger charge is -2.15. The second-order valence-corrected chi connectivity index (χ2v) is 8.81. The molecule has 1 nitrogen and oxygen atoms in total. The van der Waals surface area contributed by atoms with E-state index in [9.17, 15) is 5.11 Å². The Bertz CT molecular complexity index is 414.